The molecule has 1 fully saturated rings. The Morgan fingerprint density at radius 1 is 1.18 bits per heavy atom. The number of hydrogen-bond acceptors (Lipinski definition) is 5. The number of ether oxygens (including phenoxy) is 3. The van der Waals surface area contributed by atoms with Crippen LogP contribution in [-0.2, 0) is 25.7 Å². The van der Waals surface area contributed by atoms with Crippen molar-refractivity contribution in [1.82, 2.24) is 0 Å². The minimum Gasteiger partial charge on any atom is -0.388 e. The van der Waals surface area contributed by atoms with Gasteiger partial charge >= 0.3 is 0 Å². The zero-order valence-electron chi connectivity index (χ0n) is 12.3. The van der Waals surface area contributed by atoms with Crippen LogP contribution in [0.1, 0.15) is 12.0 Å². The van der Waals surface area contributed by atoms with E-state index in [1.807, 2.05) is 30.3 Å². The quantitative estimate of drug-likeness (QED) is 0.778. The van der Waals surface area contributed by atoms with Gasteiger partial charge in [0.05, 0.1) is 26.4 Å². The van der Waals surface area contributed by atoms with Crippen molar-refractivity contribution in [3.63, 3.8) is 0 Å². The summed E-state index contributed by atoms with van der Waals surface area (Å²) in [6.45, 7) is 2.05. The summed E-state index contributed by atoms with van der Waals surface area (Å²) in [5.41, 5.74) is 1.78. The van der Waals surface area contributed by atoms with Crippen LogP contribution < -0.4 is 0 Å². The van der Waals surface area contributed by atoms with Crippen molar-refractivity contribution in [3.8, 4) is 12.3 Å². The molecule has 0 aromatic heterocycles. The Labute approximate surface area is 130 Å². The summed E-state index contributed by atoms with van der Waals surface area (Å²) in [5, 5.41) is 3.83. The van der Waals surface area contributed by atoms with Crippen LogP contribution in [0.25, 0.3) is 0 Å². The van der Waals surface area contributed by atoms with Gasteiger partial charge in [0.1, 0.15) is 17.9 Å². The Hall–Kier alpha value is -1.87. The van der Waals surface area contributed by atoms with Crippen molar-refractivity contribution in [2.45, 2.75) is 31.3 Å². The normalized spacial score (nSPS) is 27.8. The van der Waals surface area contributed by atoms with E-state index in [1.165, 1.54) is 0 Å². The van der Waals surface area contributed by atoms with E-state index in [0.717, 1.165) is 5.56 Å². The highest BCUT2D eigenvalue weighted by Crippen LogP contribution is 2.20. The van der Waals surface area contributed by atoms with Crippen LogP contribution in [0.5, 0.6) is 0 Å². The maximum atomic E-state index is 5.80. The van der Waals surface area contributed by atoms with Crippen molar-refractivity contribution < 1.29 is 19.0 Å². The molecule has 22 heavy (non-hydrogen) atoms. The third-order valence-corrected chi connectivity index (χ3v) is 3.68. The van der Waals surface area contributed by atoms with E-state index in [4.69, 9.17) is 25.5 Å². The van der Waals surface area contributed by atoms with Crippen molar-refractivity contribution in [3.05, 3.63) is 35.9 Å². The number of terminal acetylenes is 1. The highest BCUT2D eigenvalue weighted by molar-refractivity contribution is 6.00. The molecule has 3 atom stereocenters. The molecule has 0 radical (unpaired) electrons. The van der Waals surface area contributed by atoms with Gasteiger partial charge in [-0.1, -0.05) is 41.4 Å². The van der Waals surface area contributed by atoms with E-state index >= 15 is 0 Å². The molecule has 0 bridgehead atoms. The molecule has 5 nitrogen and oxygen atoms in total. The average molecular weight is 301 g/mol. The largest absolute Gasteiger partial charge is 0.388 e. The molecule has 0 N–H and O–H groups in total. The molecule has 2 aliphatic rings. The number of hydrogen-bond donors (Lipinski definition) is 0. The maximum Gasteiger partial charge on any atom is 0.162 e. The molecule has 1 aromatic rings. The molecule has 2 aliphatic heterocycles. The lowest BCUT2D eigenvalue weighted by atomic mass is 10.1. The van der Waals surface area contributed by atoms with Crippen LogP contribution in [-0.4, -0.2) is 43.8 Å². The van der Waals surface area contributed by atoms with Crippen molar-refractivity contribution in [2.75, 3.05) is 19.8 Å². The Balaban J connectivity index is 1.35. The molecule has 0 spiro atoms. The zero-order valence-corrected chi connectivity index (χ0v) is 12.3. The SMILES string of the molecule is C#CC1=NOC(C2COC(COCc3ccccc3)CO2)C1. The fourth-order valence-electron chi connectivity index (χ4n) is 2.43. The molecule has 5 heteroatoms. The minimum absolute atomic E-state index is 0.0469. The summed E-state index contributed by atoms with van der Waals surface area (Å²) in [7, 11) is 0. The predicted molar refractivity (Wildman–Crippen MR) is 81.3 cm³/mol. The molecule has 3 unspecified atom stereocenters. The zero-order chi connectivity index (χ0) is 15.2. The van der Waals surface area contributed by atoms with Crippen LogP contribution in [0, 0.1) is 12.3 Å². The second-order valence-corrected chi connectivity index (χ2v) is 5.36. The molecular weight excluding hydrogens is 282 g/mol. The molecule has 1 saturated heterocycles. The second-order valence-electron chi connectivity index (χ2n) is 5.36. The van der Waals surface area contributed by atoms with Crippen molar-refractivity contribution in [2.24, 2.45) is 5.16 Å². The van der Waals surface area contributed by atoms with Gasteiger partial charge in [-0.05, 0) is 5.56 Å². The van der Waals surface area contributed by atoms with Gasteiger partial charge in [-0.2, -0.15) is 0 Å². The minimum atomic E-state index is -0.141. The Morgan fingerprint density at radius 3 is 2.73 bits per heavy atom. The number of nitrogens with zero attached hydrogens (tertiary/aromatic N) is 1. The van der Waals surface area contributed by atoms with Gasteiger partial charge in [-0.25, -0.2) is 0 Å². The van der Waals surface area contributed by atoms with Crippen LogP contribution in [0.2, 0.25) is 0 Å². The van der Waals surface area contributed by atoms with Crippen LogP contribution in [0.15, 0.2) is 35.5 Å². The Bertz CT molecular complexity index is 544. The first-order valence-electron chi connectivity index (χ1n) is 7.39. The van der Waals surface area contributed by atoms with Crippen LogP contribution in [0.3, 0.4) is 0 Å². The monoisotopic (exact) mass is 301 g/mol. The summed E-state index contributed by atoms with van der Waals surface area (Å²) in [5.74, 6) is 2.49. The summed E-state index contributed by atoms with van der Waals surface area (Å²) < 4.78 is 17.2. The van der Waals surface area contributed by atoms with Gasteiger partial charge in [0, 0.05) is 6.42 Å². The van der Waals surface area contributed by atoms with Crippen molar-refractivity contribution in [1.29, 1.82) is 0 Å². The standard InChI is InChI=1S/C17H19NO4/c1-2-14-8-16(22-18-14)17-12-20-15(11-21-17)10-19-9-13-6-4-3-5-7-13/h1,3-7,15-17H,8-12H2. The Kier molecular flexibility index (Phi) is 5.07. The van der Waals surface area contributed by atoms with Gasteiger partial charge in [0.2, 0.25) is 0 Å². The van der Waals surface area contributed by atoms with E-state index in [2.05, 4.69) is 11.1 Å². The fourth-order valence-corrected chi connectivity index (χ4v) is 2.43. The molecule has 1 aromatic carbocycles. The summed E-state index contributed by atoms with van der Waals surface area (Å²) in [6, 6.07) is 10.1. The van der Waals surface area contributed by atoms with Gasteiger partial charge in [0.25, 0.3) is 0 Å². The molecule has 0 saturated carbocycles. The molecule has 116 valence electrons. The van der Waals surface area contributed by atoms with E-state index in [9.17, 15) is 0 Å². The highest BCUT2D eigenvalue weighted by Gasteiger charge is 2.34. The third kappa shape index (κ3) is 3.86. The first kappa shape index (κ1) is 15.0. The number of benzene rings is 1. The van der Waals surface area contributed by atoms with Crippen LogP contribution >= 0.6 is 0 Å². The van der Waals surface area contributed by atoms with Gasteiger partial charge in [0.15, 0.2) is 6.10 Å². The first-order valence-corrected chi connectivity index (χ1v) is 7.39. The lowest BCUT2D eigenvalue weighted by Crippen LogP contribution is -2.44. The molecule has 0 aliphatic carbocycles. The first-order chi connectivity index (χ1) is 10.8. The molecule has 0 amide bonds. The van der Waals surface area contributed by atoms with Gasteiger partial charge in [-0.15, -0.1) is 6.42 Å². The predicted octanol–water partition coefficient (Wildman–Crippen LogP) is 1.77. The topological polar surface area (TPSA) is 49.3 Å². The Morgan fingerprint density at radius 2 is 2.05 bits per heavy atom. The summed E-state index contributed by atoms with van der Waals surface area (Å²) in [4.78, 5) is 5.28. The third-order valence-electron chi connectivity index (χ3n) is 3.68. The smallest absolute Gasteiger partial charge is 0.162 e. The second kappa shape index (κ2) is 7.41. The number of rotatable bonds is 5. The lowest BCUT2D eigenvalue weighted by Gasteiger charge is -2.31. The molecule has 2 heterocycles. The fraction of sp³-hybridized carbons (Fsp3) is 0.471. The maximum absolute atomic E-state index is 5.80. The van der Waals surface area contributed by atoms with E-state index in [1.54, 1.807) is 0 Å². The summed E-state index contributed by atoms with van der Waals surface area (Å²) >= 11 is 0. The van der Waals surface area contributed by atoms with E-state index in [-0.39, 0.29) is 18.3 Å². The molecular formula is C17H19NO4. The van der Waals surface area contributed by atoms with E-state index in [0.29, 0.717) is 38.6 Å². The van der Waals surface area contributed by atoms with Crippen LogP contribution in [0.4, 0.5) is 0 Å². The van der Waals surface area contributed by atoms with Gasteiger partial charge < -0.3 is 19.0 Å². The van der Waals surface area contributed by atoms with Gasteiger partial charge in [-0.3, -0.25) is 0 Å². The van der Waals surface area contributed by atoms with E-state index < -0.39 is 0 Å². The summed E-state index contributed by atoms with van der Waals surface area (Å²) in [6.07, 6.45) is 5.60. The number of oxime groups is 1. The average Bonchev–Trinajstić information content (AvgIpc) is 3.06. The lowest BCUT2D eigenvalue weighted by molar-refractivity contribution is -0.183. The molecule has 3 rings (SSSR count). The highest BCUT2D eigenvalue weighted by atomic mass is 16.7. The van der Waals surface area contributed by atoms with Crippen molar-refractivity contribution >= 4 is 5.71 Å².